The topological polar surface area (TPSA) is 187 Å². The number of phenolic OH excluding ortho intramolecular Hbond substituents is 1. The van der Waals surface area contributed by atoms with Crippen molar-refractivity contribution in [2.24, 2.45) is 23.3 Å². The lowest BCUT2D eigenvalue weighted by Gasteiger charge is -2.50. The normalized spacial score (nSPS) is 25.9. The summed E-state index contributed by atoms with van der Waals surface area (Å²) in [4.78, 5) is 40.7. The van der Waals surface area contributed by atoms with Gasteiger partial charge in [-0.15, -0.1) is 0 Å². The van der Waals surface area contributed by atoms with Crippen LogP contribution in [0.15, 0.2) is 47.2 Å². The van der Waals surface area contributed by atoms with Gasteiger partial charge in [0.1, 0.15) is 22.8 Å². The zero-order valence-electron chi connectivity index (χ0n) is 22.5. The zero-order chi connectivity index (χ0) is 31.0. The second-order valence-corrected chi connectivity index (χ2v) is 11.0. The minimum atomic E-state index is -4.57. The SMILES string of the molecule is CN(C)[C@H]1C(=O)C(C(N)=O)=C(O)[C@@]2(O)C(=O)C3=C(O)c4c(O)c(CN)cc(-c5ccc(C(F)(F)F)cc5)c4C[C@H]3C[C@@H]12. The summed E-state index contributed by atoms with van der Waals surface area (Å²) in [5, 5.41) is 45.2. The molecule has 13 heteroatoms. The number of likely N-dealkylation sites (N-methyl/N-ethyl adjacent to an activating group) is 1. The number of carbonyl (C=O) groups is 3. The molecule has 0 aromatic heterocycles. The summed E-state index contributed by atoms with van der Waals surface area (Å²) in [6.07, 6.45) is -4.72. The van der Waals surface area contributed by atoms with E-state index in [1.54, 1.807) is 0 Å². The number of hydrogen-bond donors (Lipinski definition) is 6. The van der Waals surface area contributed by atoms with Crippen LogP contribution in [-0.2, 0) is 33.5 Å². The lowest BCUT2D eigenvalue weighted by molar-refractivity contribution is -0.153. The van der Waals surface area contributed by atoms with Crippen LogP contribution in [0.25, 0.3) is 16.9 Å². The van der Waals surface area contributed by atoms with E-state index in [1.807, 2.05) is 0 Å². The van der Waals surface area contributed by atoms with Crippen LogP contribution < -0.4 is 11.5 Å². The molecule has 1 saturated carbocycles. The van der Waals surface area contributed by atoms with Crippen molar-refractivity contribution in [1.82, 2.24) is 4.90 Å². The first-order valence-corrected chi connectivity index (χ1v) is 13.0. The van der Waals surface area contributed by atoms with Crippen molar-refractivity contribution >= 4 is 23.2 Å². The number of benzene rings is 2. The largest absolute Gasteiger partial charge is 0.508 e. The molecule has 8 N–H and O–H groups in total. The number of ketones is 2. The number of rotatable bonds is 4. The van der Waals surface area contributed by atoms with Crippen molar-refractivity contribution < 1.29 is 48.0 Å². The van der Waals surface area contributed by atoms with Gasteiger partial charge < -0.3 is 31.9 Å². The molecule has 1 fully saturated rings. The molecule has 0 bridgehead atoms. The van der Waals surface area contributed by atoms with Crippen LogP contribution in [0.4, 0.5) is 13.2 Å². The van der Waals surface area contributed by atoms with Gasteiger partial charge in [0.15, 0.2) is 11.4 Å². The highest BCUT2D eigenvalue weighted by molar-refractivity contribution is 6.24. The minimum Gasteiger partial charge on any atom is -0.508 e. The van der Waals surface area contributed by atoms with Crippen LogP contribution >= 0.6 is 0 Å². The Labute approximate surface area is 237 Å². The van der Waals surface area contributed by atoms with E-state index in [2.05, 4.69) is 0 Å². The van der Waals surface area contributed by atoms with Crippen molar-refractivity contribution in [3.63, 3.8) is 0 Å². The summed E-state index contributed by atoms with van der Waals surface area (Å²) < 4.78 is 39.6. The van der Waals surface area contributed by atoms with Gasteiger partial charge in [0.2, 0.25) is 5.78 Å². The number of amides is 1. The number of primary amides is 1. The fourth-order valence-corrected chi connectivity index (χ4v) is 6.62. The summed E-state index contributed by atoms with van der Waals surface area (Å²) in [6, 6.07) is 4.53. The fourth-order valence-electron chi connectivity index (χ4n) is 6.62. The van der Waals surface area contributed by atoms with E-state index in [0.29, 0.717) is 16.7 Å². The molecule has 0 aliphatic heterocycles. The monoisotopic (exact) mass is 587 g/mol. The van der Waals surface area contributed by atoms with Crippen molar-refractivity contribution in [3.05, 3.63) is 69.5 Å². The maximum Gasteiger partial charge on any atom is 0.416 e. The van der Waals surface area contributed by atoms with Gasteiger partial charge in [-0.3, -0.25) is 19.3 Å². The highest BCUT2D eigenvalue weighted by Crippen LogP contribution is 2.54. The maximum absolute atomic E-state index is 14.0. The van der Waals surface area contributed by atoms with Crippen molar-refractivity contribution in [2.45, 2.75) is 37.2 Å². The van der Waals surface area contributed by atoms with Gasteiger partial charge in [0, 0.05) is 23.6 Å². The number of hydrogen-bond acceptors (Lipinski definition) is 9. The second-order valence-electron chi connectivity index (χ2n) is 11.0. The second kappa shape index (κ2) is 9.68. The highest BCUT2D eigenvalue weighted by atomic mass is 19.4. The van der Waals surface area contributed by atoms with Crippen LogP contribution in [0.3, 0.4) is 0 Å². The van der Waals surface area contributed by atoms with Crippen LogP contribution in [0.5, 0.6) is 5.75 Å². The third-order valence-corrected chi connectivity index (χ3v) is 8.54. The minimum absolute atomic E-state index is 0.0245. The van der Waals surface area contributed by atoms with Gasteiger partial charge >= 0.3 is 6.18 Å². The number of halogens is 3. The average Bonchev–Trinajstić information content (AvgIpc) is 2.90. The Kier molecular flexibility index (Phi) is 6.75. The van der Waals surface area contributed by atoms with Crippen LogP contribution in [-0.4, -0.2) is 68.5 Å². The number of aliphatic hydroxyl groups is 3. The average molecular weight is 588 g/mol. The number of nitrogens with two attached hydrogens (primary N) is 2. The Morgan fingerprint density at radius 3 is 2.26 bits per heavy atom. The molecular formula is C29H28F3N3O7. The number of nitrogens with zero attached hydrogens (tertiary/aromatic N) is 1. The summed E-state index contributed by atoms with van der Waals surface area (Å²) in [5.41, 5.74) is 7.15. The van der Waals surface area contributed by atoms with Crippen LogP contribution in [0.2, 0.25) is 0 Å². The molecule has 3 aliphatic carbocycles. The summed E-state index contributed by atoms with van der Waals surface area (Å²) in [7, 11) is 2.98. The number of aromatic hydroxyl groups is 1. The Morgan fingerprint density at radius 2 is 1.74 bits per heavy atom. The van der Waals surface area contributed by atoms with E-state index < -0.39 is 75.5 Å². The smallest absolute Gasteiger partial charge is 0.416 e. The van der Waals surface area contributed by atoms with Crippen LogP contribution in [0, 0.1) is 11.8 Å². The Morgan fingerprint density at radius 1 is 1.12 bits per heavy atom. The number of carbonyl (C=O) groups excluding carboxylic acids is 3. The summed E-state index contributed by atoms with van der Waals surface area (Å²) >= 11 is 0. The summed E-state index contributed by atoms with van der Waals surface area (Å²) in [6.45, 7) is -0.225. The Hall–Kier alpha value is -4.20. The first-order chi connectivity index (χ1) is 19.5. The van der Waals surface area contributed by atoms with Gasteiger partial charge in [-0.25, -0.2) is 0 Å². The predicted octanol–water partition coefficient (Wildman–Crippen LogP) is 2.11. The molecule has 3 aliphatic rings. The van der Waals surface area contributed by atoms with Gasteiger partial charge in [-0.2, -0.15) is 13.2 Å². The first kappa shape index (κ1) is 29.3. The van der Waals surface area contributed by atoms with E-state index in [1.165, 1.54) is 37.2 Å². The van der Waals surface area contributed by atoms with Crippen molar-refractivity contribution in [1.29, 1.82) is 0 Å². The molecule has 10 nitrogen and oxygen atoms in total. The molecule has 5 rings (SSSR count). The summed E-state index contributed by atoms with van der Waals surface area (Å²) in [5.74, 6) is -7.88. The first-order valence-electron chi connectivity index (χ1n) is 13.0. The van der Waals surface area contributed by atoms with Crippen molar-refractivity contribution in [2.75, 3.05) is 14.1 Å². The van der Waals surface area contributed by atoms with E-state index in [-0.39, 0.29) is 36.1 Å². The van der Waals surface area contributed by atoms with E-state index in [0.717, 1.165) is 12.1 Å². The Balaban J connectivity index is 1.74. The molecule has 0 radical (unpaired) electrons. The molecule has 0 unspecified atom stereocenters. The number of aliphatic hydroxyl groups excluding tert-OH is 2. The zero-order valence-corrected chi connectivity index (χ0v) is 22.5. The molecule has 2 aromatic rings. The number of phenols is 1. The van der Waals surface area contributed by atoms with Crippen LogP contribution in [0.1, 0.15) is 28.7 Å². The molecule has 42 heavy (non-hydrogen) atoms. The predicted molar refractivity (Wildman–Crippen MR) is 143 cm³/mol. The molecule has 0 spiro atoms. The van der Waals surface area contributed by atoms with Gasteiger partial charge in [-0.05, 0) is 67.7 Å². The number of fused-ring (bicyclic) bond motifs is 3. The quantitative estimate of drug-likeness (QED) is 0.291. The molecule has 1 amide bonds. The Bertz CT molecular complexity index is 1610. The van der Waals surface area contributed by atoms with Gasteiger partial charge in [-0.1, -0.05) is 12.1 Å². The lowest BCUT2D eigenvalue weighted by atomic mass is 9.57. The number of Topliss-reactive ketones (excluding diaryl/α,β-unsaturated/α-hetero) is 2. The third-order valence-electron chi connectivity index (χ3n) is 8.54. The number of alkyl halides is 3. The van der Waals surface area contributed by atoms with E-state index in [9.17, 15) is 48.0 Å². The molecule has 222 valence electrons. The standard InChI is InChI=1S/C29H28F3N3O7/c1-35(2)21-17-9-12-7-16-15(11-3-5-14(6-4-11)29(30,31)32)8-13(10-33)22(36)19(16)23(37)18(12)25(39)28(17,42)26(40)20(24(21)38)27(34)41/h3-6,8,12,17,21,36-37,40,42H,7,9-10,33H2,1-2H3,(H2,34,41)/t12-,17-,21+,28-/m0/s1. The molecule has 0 heterocycles. The molecule has 2 aromatic carbocycles. The van der Waals surface area contributed by atoms with Gasteiger partial charge in [0.05, 0.1) is 17.2 Å². The lowest BCUT2D eigenvalue weighted by Crippen LogP contribution is -2.65. The molecular weight excluding hydrogens is 559 g/mol. The highest BCUT2D eigenvalue weighted by Gasteiger charge is 2.64. The van der Waals surface area contributed by atoms with E-state index in [4.69, 9.17) is 11.5 Å². The van der Waals surface area contributed by atoms with E-state index >= 15 is 0 Å². The fraction of sp³-hybridized carbons (Fsp3) is 0.345. The molecule has 4 atom stereocenters. The molecule has 0 saturated heterocycles. The van der Waals surface area contributed by atoms with Gasteiger partial charge in [0.25, 0.3) is 5.91 Å². The maximum atomic E-state index is 14.0. The third kappa shape index (κ3) is 4.02. The van der Waals surface area contributed by atoms with Crippen molar-refractivity contribution in [3.8, 4) is 16.9 Å².